The molecule has 0 spiro atoms. The molecule has 0 saturated carbocycles. The molecule has 0 aliphatic heterocycles. The molecule has 2 rings (SSSR count). The molecule has 0 heterocycles. The lowest BCUT2D eigenvalue weighted by atomic mass is 10.1. The minimum atomic E-state index is -0.115. The van der Waals surface area contributed by atoms with E-state index in [1.165, 1.54) is 0 Å². The van der Waals surface area contributed by atoms with Crippen molar-refractivity contribution in [3.05, 3.63) is 52.0 Å². The van der Waals surface area contributed by atoms with Crippen LogP contribution in [-0.4, -0.2) is 12.5 Å². The van der Waals surface area contributed by atoms with Crippen molar-refractivity contribution in [2.45, 2.75) is 19.8 Å². The number of carbonyl (C=O) groups is 1. The summed E-state index contributed by atoms with van der Waals surface area (Å²) >= 11 is 11.9. The maximum absolute atomic E-state index is 12.0. The molecule has 23 heavy (non-hydrogen) atoms. The van der Waals surface area contributed by atoms with Gasteiger partial charge in [0.25, 0.3) is 0 Å². The summed E-state index contributed by atoms with van der Waals surface area (Å²) < 4.78 is 5.38. The quantitative estimate of drug-likeness (QED) is 0.749. The number of hydrogen-bond donors (Lipinski definition) is 2. The lowest BCUT2D eigenvalue weighted by Gasteiger charge is -2.09. The van der Waals surface area contributed by atoms with Gasteiger partial charge in [-0.1, -0.05) is 35.3 Å². The van der Waals surface area contributed by atoms with E-state index in [1.54, 1.807) is 12.1 Å². The fraction of sp³-hybridized carbons (Fsp3) is 0.235. The van der Waals surface area contributed by atoms with Gasteiger partial charge in [0.05, 0.1) is 22.3 Å². The van der Waals surface area contributed by atoms with Crippen LogP contribution in [0, 0.1) is 0 Å². The van der Waals surface area contributed by atoms with Crippen molar-refractivity contribution in [3.8, 4) is 5.75 Å². The summed E-state index contributed by atoms with van der Waals surface area (Å²) in [5.74, 6) is 0.711. The van der Waals surface area contributed by atoms with E-state index in [9.17, 15) is 4.79 Å². The fourth-order valence-corrected chi connectivity index (χ4v) is 2.54. The number of nitrogens with two attached hydrogens (primary N) is 1. The molecular weight excluding hydrogens is 335 g/mol. The van der Waals surface area contributed by atoms with Crippen molar-refractivity contribution in [2.24, 2.45) is 0 Å². The SMILES string of the molecule is CCOc1ccc(CCC(=O)Nc2cc(Cl)c(N)c(Cl)c2)cc1. The molecule has 2 aromatic rings. The molecule has 0 atom stereocenters. The van der Waals surface area contributed by atoms with Crippen LogP contribution in [0.1, 0.15) is 18.9 Å². The smallest absolute Gasteiger partial charge is 0.224 e. The van der Waals surface area contributed by atoms with E-state index in [4.69, 9.17) is 33.7 Å². The Morgan fingerprint density at radius 3 is 2.35 bits per heavy atom. The van der Waals surface area contributed by atoms with E-state index in [0.29, 0.717) is 40.9 Å². The summed E-state index contributed by atoms with van der Waals surface area (Å²) in [4.78, 5) is 12.0. The molecule has 0 radical (unpaired) electrons. The monoisotopic (exact) mass is 352 g/mol. The van der Waals surface area contributed by atoms with Gasteiger partial charge in [0.15, 0.2) is 0 Å². The molecule has 0 bridgehead atoms. The minimum absolute atomic E-state index is 0.115. The van der Waals surface area contributed by atoms with Crippen molar-refractivity contribution in [1.29, 1.82) is 0 Å². The Labute approximate surface area is 145 Å². The van der Waals surface area contributed by atoms with Crippen LogP contribution in [0.25, 0.3) is 0 Å². The number of nitrogens with one attached hydrogen (secondary N) is 1. The van der Waals surface area contributed by atoms with Gasteiger partial charge in [-0.2, -0.15) is 0 Å². The molecule has 0 unspecified atom stereocenters. The van der Waals surface area contributed by atoms with Crippen LogP contribution in [0.2, 0.25) is 10.0 Å². The third-order valence-electron chi connectivity index (χ3n) is 3.24. The van der Waals surface area contributed by atoms with Crippen molar-refractivity contribution < 1.29 is 9.53 Å². The van der Waals surface area contributed by atoms with Gasteiger partial charge >= 0.3 is 0 Å². The van der Waals surface area contributed by atoms with E-state index in [2.05, 4.69) is 5.32 Å². The van der Waals surface area contributed by atoms with Crippen molar-refractivity contribution >= 4 is 40.5 Å². The molecule has 0 saturated heterocycles. The largest absolute Gasteiger partial charge is 0.494 e. The molecule has 0 aromatic heterocycles. The van der Waals surface area contributed by atoms with Gasteiger partial charge in [0, 0.05) is 12.1 Å². The molecular formula is C17H18Cl2N2O2. The van der Waals surface area contributed by atoms with Crippen LogP contribution in [0.5, 0.6) is 5.75 Å². The van der Waals surface area contributed by atoms with Crippen molar-refractivity contribution in [2.75, 3.05) is 17.7 Å². The van der Waals surface area contributed by atoms with Gasteiger partial charge in [-0.15, -0.1) is 0 Å². The Morgan fingerprint density at radius 1 is 1.17 bits per heavy atom. The summed E-state index contributed by atoms with van der Waals surface area (Å²) in [5.41, 5.74) is 7.57. The highest BCUT2D eigenvalue weighted by Gasteiger charge is 2.08. The lowest BCUT2D eigenvalue weighted by Crippen LogP contribution is -2.12. The predicted octanol–water partition coefficient (Wildman–Crippen LogP) is 4.55. The first-order valence-corrected chi connectivity index (χ1v) is 8.01. The fourth-order valence-electron chi connectivity index (χ4n) is 2.06. The third kappa shape index (κ3) is 5.05. The van der Waals surface area contributed by atoms with Gasteiger partial charge in [-0.25, -0.2) is 0 Å². The number of aryl methyl sites for hydroxylation is 1. The number of hydrogen-bond acceptors (Lipinski definition) is 3. The number of amides is 1. The highest BCUT2D eigenvalue weighted by molar-refractivity contribution is 6.39. The number of anilines is 2. The lowest BCUT2D eigenvalue weighted by molar-refractivity contribution is -0.116. The number of benzene rings is 2. The topological polar surface area (TPSA) is 64.3 Å². The Morgan fingerprint density at radius 2 is 1.78 bits per heavy atom. The number of carbonyl (C=O) groups excluding carboxylic acids is 1. The zero-order valence-corrected chi connectivity index (χ0v) is 14.2. The summed E-state index contributed by atoms with van der Waals surface area (Å²) in [6.07, 6.45) is 0.988. The van der Waals surface area contributed by atoms with Crippen LogP contribution in [-0.2, 0) is 11.2 Å². The molecule has 6 heteroatoms. The van der Waals surface area contributed by atoms with Crippen molar-refractivity contribution in [1.82, 2.24) is 0 Å². The van der Waals surface area contributed by atoms with Gasteiger partial charge in [-0.3, -0.25) is 4.79 Å². The highest BCUT2D eigenvalue weighted by Crippen LogP contribution is 2.31. The molecule has 3 N–H and O–H groups in total. The van der Waals surface area contributed by atoms with E-state index in [1.807, 2.05) is 31.2 Å². The average molecular weight is 353 g/mol. The number of rotatable bonds is 6. The first kappa shape index (κ1) is 17.4. The molecule has 4 nitrogen and oxygen atoms in total. The number of ether oxygens (including phenoxy) is 1. The van der Waals surface area contributed by atoms with Crippen LogP contribution in [0.3, 0.4) is 0 Å². The molecule has 122 valence electrons. The van der Waals surface area contributed by atoms with Gasteiger partial charge in [-0.05, 0) is 43.2 Å². The first-order valence-electron chi connectivity index (χ1n) is 7.25. The standard InChI is InChI=1S/C17H18Cl2N2O2/c1-2-23-13-6-3-11(4-7-13)5-8-16(22)21-12-9-14(18)17(20)15(19)10-12/h3-4,6-7,9-10H,2,5,8,20H2,1H3,(H,21,22). The van der Waals surface area contributed by atoms with Crippen LogP contribution < -0.4 is 15.8 Å². The summed E-state index contributed by atoms with van der Waals surface area (Å²) in [6.45, 7) is 2.57. The summed E-state index contributed by atoms with van der Waals surface area (Å²) in [5, 5.41) is 3.40. The molecule has 1 amide bonds. The normalized spacial score (nSPS) is 10.4. The van der Waals surface area contributed by atoms with Crippen LogP contribution in [0.15, 0.2) is 36.4 Å². The van der Waals surface area contributed by atoms with Crippen LogP contribution in [0.4, 0.5) is 11.4 Å². The second-order valence-corrected chi connectivity index (χ2v) is 5.79. The molecule has 2 aromatic carbocycles. The number of nitrogen functional groups attached to an aromatic ring is 1. The van der Waals surface area contributed by atoms with E-state index >= 15 is 0 Å². The average Bonchev–Trinajstić information content (AvgIpc) is 2.52. The zero-order valence-electron chi connectivity index (χ0n) is 12.7. The Kier molecular flexibility index (Phi) is 6.13. The highest BCUT2D eigenvalue weighted by atomic mass is 35.5. The Balaban J connectivity index is 1.90. The molecule has 0 aliphatic carbocycles. The Bertz CT molecular complexity index is 664. The van der Waals surface area contributed by atoms with E-state index in [-0.39, 0.29) is 5.91 Å². The van der Waals surface area contributed by atoms with E-state index in [0.717, 1.165) is 11.3 Å². The van der Waals surface area contributed by atoms with Gasteiger partial charge in [0.2, 0.25) is 5.91 Å². The predicted molar refractivity (Wildman–Crippen MR) is 95.4 cm³/mol. The summed E-state index contributed by atoms with van der Waals surface area (Å²) in [6, 6.07) is 10.9. The van der Waals surface area contributed by atoms with Crippen LogP contribution >= 0.6 is 23.2 Å². The zero-order chi connectivity index (χ0) is 16.8. The van der Waals surface area contributed by atoms with Crippen molar-refractivity contribution in [3.63, 3.8) is 0 Å². The minimum Gasteiger partial charge on any atom is -0.494 e. The second kappa shape index (κ2) is 8.09. The maximum atomic E-state index is 12.0. The first-order chi connectivity index (χ1) is 11.0. The van der Waals surface area contributed by atoms with Gasteiger partial charge in [0.1, 0.15) is 5.75 Å². The maximum Gasteiger partial charge on any atom is 0.224 e. The molecule has 0 fully saturated rings. The second-order valence-electron chi connectivity index (χ2n) is 4.98. The Hall–Kier alpha value is -1.91. The third-order valence-corrected chi connectivity index (χ3v) is 3.86. The number of halogens is 2. The van der Waals surface area contributed by atoms with E-state index < -0.39 is 0 Å². The van der Waals surface area contributed by atoms with Gasteiger partial charge < -0.3 is 15.8 Å². The molecule has 0 aliphatic rings. The summed E-state index contributed by atoms with van der Waals surface area (Å²) in [7, 11) is 0.